The SMILES string of the molecule is CC(C)(C)c1cc(O)c(C(C)(C)C)cc1O.CCC(C)(C)c1cc(O)c(C(C)(C)CC)cc1O.CCCCCCCCCCCCCCCCCCOc1ccc(O)cc1.COc1cc(C(C)(C)C)c(O)c(C(C)(C)C)c1.c1ccc(-c2ccccc2)cc1. The Balaban J connectivity index is 0.000000387. The van der Waals surface area contributed by atoms with Gasteiger partial charge in [-0.1, -0.05) is 289 Å². The number of hydrogen-bond acceptors (Lipinski definition) is 8. The molecule has 8 heteroatoms. The van der Waals surface area contributed by atoms with Crippen LogP contribution in [0.1, 0.15) is 281 Å². The lowest BCUT2D eigenvalue weighted by Crippen LogP contribution is -2.19. The molecule has 6 N–H and O–H groups in total. The van der Waals surface area contributed by atoms with Crippen molar-refractivity contribution in [3.63, 3.8) is 0 Å². The van der Waals surface area contributed by atoms with Crippen molar-refractivity contribution in [3.05, 3.63) is 155 Å². The summed E-state index contributed by atoms with van der Waals surface area (Å²) in [5.41, 5.74) is 6.81. The topological polar surface area (TPSA) is 140 Å². The van der Waals surface area contributed by atoms with Crippen LogP contribution in [0.4, 0.5) is 0 Å². The zero-order valence-electron chi connectivity index (χ0n) is 59.5. The van der Waals surface area contributed by atoms with Crippen molar-refractivity contribution in [2.45, 2.75) is 280 Å². The Morgan fingerprint density at radius 3 is 0.899 bits per heavy atom. The fourth-order valence-corrected chi connectivity index (χ4v) is 10.3. The molecular weight excluding hydrogens is 1100 g/mol. The highest BCUT2D eigenvalue weighted by Gasteiger charge is 2.30. The van der Waals surface area contributed by atoms with Gasteiger partial charge in [0.1, 0.15) is 46.0 Å². The first-order chi connectivity index (χ1) is 41.5. The van der Waals surface area contributed by atoms with E-state index in [1.165, 1.54) is 107 Å². The normalized spacial score (nSPS) is 11.8. The average Bonchev–Trinajstić information content (AvgIpc) is 0.925. The zero-order valence-corrected chi connectivity index (χ0v) is 59.5. The van der Waals surface area contributed by atoms with E-state index in [9.17, 15) is 30.6 Å². The van der Waals surface area contributed by atoms with Crippen molar-refractivity contribution in [1.29, 1.82) is 0 Å². The molecule has 6 aromatic rings. The van der Waals surface area contributed by atoms with Crippen molar-refractivity contribution in [1.82, 2.24) is 0 Å². The number of ether oxygens (including phenoxy) is 2. The maximum atomic E-state index is 10.4. The molecule has 6 aromatic carbocycles. The van der Waals surface area contributed by atoms with Gasteiger partial charge in [-0.15, -0.1) is 0 Å². The Bertz CT molecular complexity index is 2740. The van der Waals surface area contributed by atoms with Gasteiger partial charge in [0, 0.05) is 33.4 Å². The van der Waals surface area contributed by atoms with Gasteiger partial charge in [0.05, 0.1) is 13.7 Å². The van der Waals surface area contributed by atoms with Crippen LogP contribution in [0.2, 0.25) is 0 Å². The number of methoxy groups -OCH3 is 1. The summed E-state index contributed by atoms with van der Waals surface area (Å²) < 4.78 is 11.0. The van der Waals surface area contributed by atoms with E-state index in [4.69, 9.17) is 9.47 Å². The summed E-state index contributed by atoms with van der Waals surface area (Å²) in [5, 5.41) is 60.1. The second-order valence-corrected chi connectivity index (χ2v) is 29.7. The quantitative estimate of drug-likeness (QED) is 0.0260. The molecule has 0 heterocycles. The fourth-order valence-electron chi connectivity index (χ4n) is 10.3. The summed E-state index contributed by atoms with van der Waals surface area (Å²) in [7, 11) is 1.66. The molecule has 0 radical (unpaired) electrons. The molecular formula is C81H124O8. The highest BCUT2D eigenvalue weighted by Crippen LogP contribution is 2.44. The molecule has 0 unspecified atom stereocenters. The van der Waals surface area contributed by atoms with Crippen molar-refractivity contribution in [2.24, 2.45) is 0 Å². The third kappa shape index (κ3) is 28.6. The third-order valence-corrected chi connectivity index (χ3v) is 17.0. The van der Waals surface area contributed by atoms with E-state index in [0.717, 1.165) is 70.7 Å². The average molecular weight is 1230 g/mol. The molecule has 0 spiro atoms. The van der Waals surface area contributed by atoms with Gasteiger partial charge in [-0.05, 0) is 124 Å². The molecule has 0 saturated heterocycles. The highest BCUT2D eigenvalue weighted by atomic mass is 16.5. The monoisotopic (exact) mass is 1220 g/mol. The Labute approximate surface area is 542 Å². The second-order valence-electron chi connectivity index (χ2n) is 29.7. The summed E-state index contributed by atoms with van der Waals surface area (Å²) in [6.45, 7) is 40.2. The lowest BCUT2D eigenvalue weighted by molar-refractivity contribution is 0.303. The third-order valence-electron chi connectivity index (χ3n) is 17.0. The largest absolute Gasteiger partial charge is 0.508 e. The van der Waals surface area contributed by atoms with Gasteiger partial charge in [0.2, 0.25) is 0 Å². The summed E-state index contributed by atoms with van der Waals surface area (Å²) in [4.78, 5) is 0. The van der Waals surface area contributed by atoms with Gasteiger partial charge in [-0.2, -0.15) is 0 Å². The van der Waals surface area contributed by atoms with E-state index < -0.39 is 0 Å². The van der Waals surface area contributed by atoms with Crippen LogP contribution < -0.4 is 9.47 Å². The number of benzene rings is 6. The Morgan fingerprint density at radius 1 is 0.315 bits per heavy atom. The minimum absolute atomic E-state index is 0.0986. The van der Waals surface area contributed by atoms with Crippen LogP contribution in [0, 0.1) is 0 Å². The number of unbranched alkanes of at least 4 members (excludes halogenated alkanes) is 15. The maximum Gasteiger partial charge on any atom is 0.123 e. The molecule has 0 aliphatic rings. The van der Waals surface area contributed by atoms with E-state index in [1.54, 1.807) is 43.5 Å². The van der Waals surface area contributed by atoms with Crippen molar-refractivity contribution in [3.8, 4) is 57.1 Å². The minimum atomic E-state index is -0.169. The van der Waals surface area contributed by atoms with Gasteiger partial charge in [-0.25, -0.2) is 0 Å². The maximum absolute atomic E-state index is 10.4. The standard InChI is InChI=1S/C24H42O2.C16H26O2.C15H24O2.C14H22O2.C12H10/c1-2-3-4-5-6-7-8-9-10-11-12-13-14-15-16-17-22-26-24-20-18-23(25)19-21-24;1-7-15(3,4)11-9-14(18)12(10-13(11)17)16(5,6)8-2;1-14(2,3)11-8-10(17-7)9-12(13(11)16)15(4,5)6;1-13(2,3)9-7-12(16)10(8-11(9)15)14(4,5)6;1-3-7-11(8-4-1)12-9-5-2-6-10-12/h18-21,25H,2-17,22H2,1H3;9-10,17-18H,7-8H2,1-6H3;8-9,16H,1-7H3;7-8,15-16H,1-6H3;1-10H. The zero-order chi connectivity index (χ0) is 67.2. The van der Waals surface area contributed by atoms with E-state index in [-0.39, 0.29) is 55.5 Å². The molecule has 8 nitrogen and oxygen atoms in total. The van der Waals surface area contributed by atoms with Crippen LogP contribution >= 0.6 is 0 Å². The first-order valence-electron chi connectivity index (χ1n) is 33.6. The van der Waals surface area contributed by atoms with Crippen molar-refractivity contribution < 1.29 is 40.1 Å². The molecule has 0 aliphatic carbocycles. The summed E-state index contributed by atoms with van der Waals surface area (Å²) in [6.07, 6.45) is 24.1. The lowest BCUT2D eigenvalue weighted by Gasteiger charge is -2.29. The first kappa shape index (κ1) is 78.8. The Hall–Kier alpha value is -6.28. The Kier molecular flexibility index (Phi) is 33.5. The smallest absolute Gasteiger partial charge is 0.123 e. The fraction of sp³-hybridized carbons (Fsp3) is 0.556. The van der Waals surface area contributed by atoms with E-state index in [0.29, 0.717) is 11.5 Å². The van der Waals surface area contributed by atoms with E-state index in [2.05, 4.69) is 139 Å². The number of phenolic OH excluding ortho intramolecular Hbond substituents is 6. The molecule has 0 aromatic heterocycles. The number of aromatic hydroxyl groups is 6. The van der Waals surface area contributed by atoms with Crippen molar-refractivity contribution in [2.75, 3.05) is 13.7 Å². The van der Waals surface area contributed by atoms with Gasteiger partial charge in [-0.3, -0.25) is 0 Å². The van der Waals surface area contributed by atoms with Crippen LogP contribution in [0.5, 0.6) is 46.0 Å². The van der Waals surface area contributed by atoms with Crippen LogP contribution in [0.3, 0.4) is 0 Å². The van der Waals surface area contributed by atoms with Crippen LogP contribution in [-0.4, -0.2) is 44.4 Å². The molecule has 6 rings (SSSR count). The first-order valence-corrected chi connectivity index (χ1v) is 33.6. The summed E-state index contributed by atoms with van der Waals surface area (Å²) in [5.74, 6) is 3.43. The molecule has 0 aliphatic heterocycles. The molecule has 0 saturated carbocycles. The predicted octanol–water partition coefficient (Wildman–Crippen LogP) is 23.5. The number of phenols is 6. The van der Waals surface area contributed by atoms with E-state index in [1.807, 2.05) is 77.9 Å². The van der Waals surface area contributed by atoms with Gasteiger partial charge >= 0.3 is 0 Å². The van der Waals surface area contributed by atoms with Gasteiger partial charge < -0.3 is 40.1 Å². The Morgan fingerprint density at radius 2 is 0.607 bits per heavy atom. The summed E-state index contributed by atoms with van der Waals surface area (Å²) >= 11 is 0. The lowest BCUT2D eigenvalue weighted by atomic mass is 9.77. The second kappa shape index (κ2) is 37.8. The van der Waals surface area contributed by atoms with Gasteiger partial charge in [0.15, 0.2) is 0 Å². The number of hydrogen-bond donors (Lipinski definition) is 6. The van der Waals surface area contributed by atoms with E-state index >= 15 is 0 Å². The van der Waals surface area contributed by atoms with Crippen LogP contribution in [-0.2, 0) is 32.5 Å². The molecule has 89 heavy (non-hydrogen) atoms. The van der Waals surface area contributed by atoms with Crippen LogP contribution in [0.15, 0.2) is 121 Å². The molecule has 0 fully saturated rings. The molecule has 496 valence electrons. The molecule has 0 bridgehead atoms. The van der Waals surface area contributed by atoms with Gasteiger partial charge in [0.25, 0.3) is 0 Å². The van der Waals surface area contributed by atoms with Crippen LogP contribution in [0.25, 0.3) is 11.1 Å². The minimum Gasteiger partial charge on any atom is -0.508 e. The summed E-state index contributed by atoms with van der Waals surface area (Å²) in [6, 6.07) is 38.4. The molecule has 0 amide bonds. The van der Waals surface area contributed by atoms with Crippen molar-refractivity contribution >= 4 is 0 Å². The predicted molar refractivity (Wildman–Crippen MR) is 381 cm³/mol. The highest BCUT2D eigenvalue weighted by molar-refractivity contribution is 5.63. The molecule has 0 atom stereocenters. The number of rotatable bonds is 24.